The first-order valence-electron chi connectivity index (χ1n) is 12.1. The van der Waals surface area contributed by atoms with Gasteiger partial charge in [0, 0.05) is 22.8 Å². The minimum Gasteiger partial charge on any atom is -0.458 e. The minimum atomic E-state index is -1.08. The Labute approximate surface area is 223 Å². The van der Waals surface area contributed by atoms with E-state index < -0.39 is 24.4 Å². The maximum Gasteiger partial charge on any atom is 0.404 e. The summed E-state index contributed by atoms with van der Waals surface area (Å²) in [4.78, 5) is 23.7. The van der Waals surface area contributed by atoms with Crippen LogP contribution < -0.4 is 5.73 Å². The van der Waals surface area contributed by atoms with Gasteiger partial charge in [-0.2, -0.15) is 0 Å². The first kappa shape index (κ1) is 31.1. The van der Waals surface area contributed by atoms with Crippen molar-refractivity contribution >= 4 is 34.7 Å². The van der Waals surface area contributed by atoms with Gasteiger partial charge in [-0.15, -0.1) is 0 Å². The number of carbonyl (C=O) groups excluding carboxylic acids is 2. The maximum atomic E-state index is 12.4. The molecule has 0 saturated heterocycles. The summed E-state index contributed by atoms with van der Waals surface area (Å²) >= 11 is 2.32. The summed E-state index contributed by atoms with van der Waals surface area (Å²) in [5.41, 5.74) is 7.45. The summed E-state index contributed by atoms with van der Waals surface area (Å²) in [7, 11) is 0. The second-order valence-corrected chi connectivity index (χ2v) is 9.72. The SMILES string of the molecule is C/C1=C/C=C/CCC(OC(N)=O)[C@@H](O)C=C[C@@H](O)CCC/C=C/C(=O)O[C@@H]([C@H](C)/C=C(\C)CI)C1. The number of allylic oxidation sites excluding steroid dienone is 5. The number of hydrogen-bond donors (Lipinski definition) is 3. The number of hydrogen-bond acceptors (Lipinski definition) is 6. The van der Waals surface area contributed by atoms with Crippen LogP contribution in [0.1, 0.15) is 59.3 Å². The van der Waals surface area contributed by atoms with E-state index in [-0.39, 0.29) is 18.0 Å². The number of amides is 1. The Morgan fingerprint density at radius 1 is 1.29 bits per heavy atom. The van der Waals surface area contributed by atoms with Crippen molar-refractivity contribution in [2.24, 2.45) is 11.7 Å². The van der Waals surface area contributed by atoms with E-state index in [9.17, 15) is 19.8 Å². The van der Waals surface area contributed by atoms with Gasteiger partial charge in [-0.05, 0) is 46.0 Å². The summed E-state index contributed by atoms with van der Waals surface area (Å²) in [5.74, 6) is -0.313. The standard InChI is InChI=1S/C27H40INO6/c1-19-10-6-4-8-12-24(35-27(29)33)23(31)15-14-22(30)11-7-5-9-13-26(32)34-25(17-19)21(3)16-20(2)18-28/h4,6,9-10,13-16,21-25,30-31H,5,7-8,11-12,17-18H2,1-3H3,(H2,29,33)/b6-4+,13-9+,15-14?,19-10-,20-16+/t21-,22+,23+,24?,25-/m1/s1. The van der Waals surface area contributed by atoms with Crippen molar-refractivity contribution < 1.29 is 29.3 Å². The summed E-state index contributed by atoms with van der Waals surface area (Å²) in [6.07, 6.45) is 13.4. The summed E-state index contributed by atoms with van der Waals surface area (Å²) < 4.78 is 11.8. The number of ether oxygens (including phenoxy) is 2. The number of aliphatic hydroxyl groups is 2. The fraction of sp³-hybridized carbons (Fsp3) is 0.556. The van der Waals surface area contributed by atoms with Gasteiger partial charge in [0.15, 0.2) is 0 Å². The highest BCUT2D eigenvalue weighted by molar-refractivity contribution is 14.1. The molecule has 1 aliphatic rings. The Morgan fingerprint density at radius 3 is 2.71 bits per heavy atom. The molecule has 5 atom stereocenters. The average Bonchev–Trinajstić information content (AvgIpc) is 2.79. The third-order valence-corrected chi connectivity index (χ3v) is 6.78. The molecular formula is C27H40INO6. The lowest BCUT2D eigenvalue weighted by molar-refractivity contribution is -0.144. The lowest BCUT2D eigenvalue weighted by Gasteiger charge is -2.22. The Bertz CT molecular complexity index is 816. The van der Waals surface area contributed by atoms with Crippen molar-refractivity contribution in [2.75, 3.05) is 4.43 Å². The molecule has 0 saturated carbocycles. The molecule has 0 radical (unpaired) electrons. The Balaban J connectivity index is 3.07. The van der Waals surface area contributed by atoms with Gasteiger partial charge in [-0.1, -0.05) is 83.2 Å². The molecule has 0 fully saturated rings. The topological polar surface area (TPSA) is 119 Å². The second kappa shape index (κ2) is 17.5. The van der Waals surface area contributed by atoms with Gasteiger partial charge in [0.1, 0.15) is 18.3 Å². The highest BCUT2D eigenvalue weighted by Gasteiger charge is 2.21. The summed E-state index contributed by atoms with van der Waals surface area (Å²) in [5, 5.41) is 20.5. The van der Waals surface area contributed by atoms with Crippen LogP contribution in [-0.2, 0) is 14.3 Å². The number of cyclic esters (lactones) is 1. The predicted octanol–water partition coefficient (Wildman–Crippen LogP) is 5.07. The normalized spacial score (nSPS) is 30.3. The zero-order valence-electron chi connectivity index (χ0n) is 20.9. The molecule has 1 heterocycles. The third kappa shape index (κ3) is 14.3. The number of carbonyl (C=O) groups is 2. The highest BCUT2D eigenvalue weighted by Crippen LogP contribution is 2.21. The highest BCUT2D eigenvalue weighted by atomic mass is 127. The molecule has 35 heavy (non-hydrogen) atoms. The van der Waals surface area contributed by atoms with Crippen LogP contribution >= 0.6 is 22.6 Å². The van der Waals surface area contributed by atoms with Gasteiger partial charge >= 0.3 is 12.1 Å². The molecule has 1 rings (SSSR count). The van der Waals surface area contributed by atoms with Crippen molar-refractivity contribution in [3.8, 4) is 0 Å². The molecule has 1 aliphatic heterocycles. The van der Waals surface area contributed by atoms with E-state index in [1.54, 1.807) is 6.08 Å². The molecule has 0 bridgehead atoms. The van der Waals surface area contributed by atoms with Crippen molar-refractivity contribution in [1.82, 2.24) is 0 Å². The van der Waals surface area contributed by atoms with Gasteiger partial charge in [0.25, 0.3) is 0 Å². The smallest absolute Gasteiger partial charge is 0.404 e. The van der Waals surface area contributed by atoms with Crippen LogP contribution in [0.2, 0.25) is 0 Å². The van der Waals surface area contributed by atoms with Gasteiger partial charge in [-0.25, -0.2) is 9.59 Å². The lowest BCUT2D eigenvalue weighted by atomic mass is 9.96. The van der Waals surface area contributed by atoms with E-state index in [1.807, 2.05) is 25.2 Å². The Morgan fingerprint density at radius 2 is 2.03 bits per heavy atom. The largest absolute Gasteiger partial charge is 0.458 e. The van der Waals surface area contributed by atoms with Crippen LogP contribution in [0.4, 0.5) is 4.79 Å². The number of nitrogens with two attached hydrogens (primary N) is 1. The molecule has 1 amide bonds. The first-order valence-corrected chi connectivity index (χ1v) is 13.6. The summed E-state index contributed by atoms with van der Waals surface area (Å²) in [6, 6.07) is 0. The average molecular weight is 602 g/mol. The van der Waals surface area contributed by atoms with Crippen molar-refractivity contribution in [3.05, 3.63) is 59.8 Å². The van der Waals surface area contributed by atoms with Crippen LogP contribution in [0.25, 0.3) is 0 Å². The quantitative estimate of drug-likeness (QED) is 0.179. The maximum absolute atomic E-state index is 12.4. The first-order chi connectivity index (χ1) is 16.6. The van der Waals surface area contributed by atoms with Crippen LogP contribution in [0.3, 0.4) is 0 Å². The fourth-order valence-electron chi connectivity index (χ4n) is 3.63. The second-order valence-electron chi connectivity index (χ2n) is 8.96. The molecule has 0 aliphatic carbocycles. The molecule has 8 heteroatoms. The molecule has 0 aromatic carbocycles. The fourth-order valence-corrected chi connectivity index (χ4v) is 3.89. The van der Waals surface area contributed by atoms with E-state index >= 15 is 0 Å². The predicted molar refractivity (Wildman–Crippen MR) is 147 cm³/mol. The van der Waals surface area contributed by atoms with E-state index in [2.05, 4.69) is 42.5 Å². The zero-order valence-corrected chi connectivity index (χ0v) is 23.1. The molecule has 0 spiro atoms. The van der Waals surface area contributed by atoms with Gasteiger partial charge in [0.05, 0.1) is 6.10 Å². The number of alkyl halides is 1. The van der Waals surface area contributed by atoms with E-state index in [0.717, 1.165) is 10.0 Å². The number of aliphatic hydroxyl groups excluding tert-OH is 2. The zero-order chi connectivity index (χ0) is 26.2. The number of esters is 1. The van der Waals surface area contributed by atoms with Crippen molar-refractivity contribution in [1.29, 1.82) is 0 Å². The Kier molecular flexibility index (Phi) is 15.6. The molecule has 4 N–H and O–H groups in total. The molecule has 1 unspecified atom stereocenters. The van der Waals surface area contributed by atoms with E-state index in [0.29, 0.717) is 38.5 Å². The molecule has 0 aromatic rings. The van der Waals surface area contributed by atoms with E-state index in [1.165, 1.54) is 23.8 Å². The van der Waals surface area contributed by atoms with E-state index in [4.69, 9.17) is 15.2 Å². The molecular weight excluding hydrogens is 561 g/mol. The van der Waals surface area contributed by atoms with Crippen LogP contribution in [0, 0.1) is 5.92 Å². The number of halogens is 1. The summed E-state index contributed by atoms with van der Waals surface area (Å²) in [6.45, 7) is 6.11. The lowest BCUT2D eigenvalue weighted by Crippen LogP contribution is -2.32. The van der Waals surface area contributed by atoms with Crippen LogP contribution in [0.5, 0.6) is 0 Å². The minimum absolute atomic E-state index is 0.0578. The van der Waals surface area contributed by atoms with Gasteiger partial charge in [-0.3, -0.25) is 0 Å². The number of primary amides is 1. The van der Waals surface area contributed by atoms with Crippen LogP contribution in [-0.4, -0.2) is 51.1 Å². The monoisotopic (exact) mass is 601 g/mol. The van der Waals surface area contributed by atoms with Crippen molar-refractivity contribution in [3.63, 3.8) is 0 Å². The Hall–Kier alpha value is -1.91. The van der Waals surface area contributed by atoms with Gasteiger partial charge < -0.3 is 25.4 Å². The van der Waals surface area contributed by atoms with Gasteiger partial charge in [0.2, 0.25) is 0 Å². The third-order valence-electron chi connectivity index (χ3n) is 5.57. The molecule has 196 valence electrons. The van der Waals surface area contributed by atoms with Crippen LogP contribution in [0.15, 0.2) is 59.8 Å². The number of rotatable bonds is 4. The van der Waals surface area contributed by atoms with Crippen molar-refractivity contribution in [2.45, 2.75) is 83.7 Å². The molecule has 7 nitrogen and oxygen atoms in total. The molecule has 0 aromatic heterocycles.